The first-order valence-electron chi connectivity index (χ1n) is 8.76. The van der Waals surface area contributed by atoms with Crippen LogP contribution in [-0.4, -0.2) is 42.0 Å². The second kappa shape index (κ2) is 8.49. The Hall–Kier alpha value is -1.59. The summed E-state index contributed by atoms with van der Waals surface area (Å²) in [6.07, 6.45) is 1.94. The molecule has 1 aromatic carbocycles. The Morgan fingerprint density at radius 3 is 2.54 bits per heavy atom. The lowest BCUT2D eigenvalue weighted by atomic mass is 10.0. The number of alkyl carbamates (subject to hydrolysis) is 1. The molecule has 1 saturated carbocycles. The smallest absolute Gasteiger partial charge is 0.407 e. The molecule has 1 fully saturated rings. The minimum Gasteiger partial charge on any atom is -0.444 e. The summed E-state index contributed by atoms with van der Waals surface area (Å²) in [6.45, 7) is 6.87. The number of hydrogen-bond donors (Lipinski definition) is 3. The SMILES string of the molecule is CC(C)(C)OC(=O)N[C@@H](Cc1ccccc1)[C@H](O)CNCC1CC1. The standard InChI is InChI=1S/C19H30N2O3/c1-19(2,3)24-18(23)21-16(11-14-7-5-4-6-8-14)17(22)13-20-12-15-9-10-15/h4-8,15-17,20,22H,9-13H2,1-3H3,(H,21,23)/t16-,17+/m0/s1. The van der Waals surface area contributed by atoms with Gasteiger partial charge in [-0.2, -0.15) is 0 Å². The van der Waals surface area contributed by atoms with Crippen molar-refractivity contribution >= 4 is 6.09 Å². The quantitative estimate of drug-likeness (QED) is 0.683. The maximum atomic E-state index is 12.1. The van der Waals surface area contributed by atoms with E-state index in [2.05, 4.69) is 10.6 Å². The van der Waals surface area contributed by atoms with Crippen molar-refractivity contribution in [3.63, 3.8) is 0 Å². The molecule has 5 nitrogen and oxygen atoms in total. The summed E-state index contributed by atoms with van der Waals surface area (Å²) in [5, 5.41) is 16.6. The van der Waals surface area contributed by atoms with E-state index in [4.69, 9.17) is 4.74 Å². The van der Waals surface area contributed by atoms with E-state index in [-0.39, 0.29) is 0 Å². The third-order valence-corrected chi connectivity index (χ3v) is 3.95. The molecule has 1 aliphatic rings. The first-order chi connectivity index (χ1) is 11.3. The van der Waals surface area contributed by atoms with Crippen molar-refractivity contribution in [3.05, 3.63) is 35.9 Å². The molecule has 0 radical (unpaired) electrons. The van der Waals surface area contributed by atoms with Crippen LogP contribution < -0.4 is 10.6 Å². The largest absolute Gasteiger partial charge is 0.444 e. The average molecular weight is 334 g/mol. The monoisotopic (exact) mass is 334 g/mol. The second-order valence-electron chi connectivity index (χ2n) is 7.61. The molecule has 24 heavy (non-hydrogen) atoms. The first kappa shape index (κ1) is 18.7. The second-order valence-corrected chi connectivity index (χ2v) is 7.61. The Morgan fingerprint density at radius 1 is 1.29 bits per heavy atom. The van der Waals surface area contributed by atoms with Crippen molar-refractivity contribution in [3.8, 4) is 0 Å². The molecule has 0 aliphatic heterocycles. The van der Waals surface area contributed by atoms with E-state index < -0.39 is 23.8 Å². The predicted octanol–water partition coefficient (Wildman–Crippen LogP) is 2.48. The Morgan fingerprint density at radius 2 is 1.96 bits per heavy atom. The minimum atomic E-state index is -0.670. The maximum Gasteiger partial charge on any atom is 0.407 e. The van der Waals surface area contributed by atoms with Crippen molar-refractivity contribution in [2.24, 2.45) is 5.92 Å². The minimum absolute atomic E-state index is 0.394. The molecule has 2 atom stereocenters. The molecular formula is C19H30N2O3. The maximum absolute atomic E-state index is 12.1. The first-order valence-corrected chi connectivity index (χ1v) is 8.76. The molecule has 5 heteroatoms. The molecule has 0 spiro atoms. The molecule has 0 aromatic heterocycles. The Kier molecular flexibility index (Phi) is 6.63. The van der Waals surface area contributed by atoms with Crippen molar-refractivity contribution < 1.29 is 14.6 Å². The van der Waals surface area contributed by atoms with Crippen LogP contribution in [0.15, 0.2) is 30.3 Å². The fourth-order valence-corrected chi connectivity index (χ4v) is 2.51. The molecule has 2 rings (SSSR count). The van der Waals surface area contributed by atoms with Crippen LogP contribution >= 0.6 is 0 Å². The fourth-order valence-electron chi connectivity index (χ4n) is 2.51. The van der Waals surface area contributed by atoms with Gasteiger partial charge in [0, 0.05) is 6.54 Å². The van der Waals surface area contributed by atoms with Crippen LogP contribution in [-0.2, 0) is 11.2 Å². The van der Waals surface area contributed by atoms with Gasteiger partial charge in [-0.1, -0.05) is 30.3 Å². The topological polar surface area (TPSA) is 70.6 Å². The number of aliphatic hydroxyl groups is 1. The average Bonchev–Trinajstić information content (AvgIpc) is 3.30. The number of nitrogens with one attached hydrogen (secondary N) is 2. The number of hydrogen-bond acceptors (Lipinski definition) is 4. The van der Waals surface area contributed by atoms with Gasteiger partial charge in [-0.3, -0.25) is 0 Å². The van der Waals surface area contributed by atoms with Crippen LogP contribution in [0, 0.1) is 5.92 Å². The van der Waals surface area contributed by atoms with Crippen LogP contribution in [0.3, 0.4) is 0 Å². The van der Waals surface area contributed by atoms with Crippen LogP contribution in [0.25, 0.3) is 0 Å². The van der Waals surface area contributed by atoms with Crippen molar-refractivity contribution in [2.75, 3.05) is 13.1 Å². The number of carbonyl (C=O) groups is 1. The van der Waals surface area contributed by atoms with E-state index in [1.54, 1.807) is 0 Å². The molecular weight excluding hydrogens is 304 g/mol. The number of benzene rings is 1. The molecule has 0 bridgehead atoms. The van der Waals surface area contributed by atoms with Gasteiger partial charge in [0.15, 0.2) is 0 Å². The highest BCUT2D eigenvalue weighted by Gasteiger charge is 2.26. The van der Waals surface area contributed by atoms with Crippen molar-refractivity contribution in [1.29, 1.82) is 0 Å². The van der Waals surface area contributed by atoms with Crippen LogP contribution in [0.4, 0.5) is 4.79 Å². The van der Waals surface area contributed by atoms with Gasteiger partial charge in [-0.25, -0.2) is 4.79 Å². The highest BCUT2D eigenvalue weighted by atomic mass is 16.6. The zero-order valence-corrected chi connectivity index (χ0v) is 14.9. The normalized spacial score (nSPS) is 17.2. The molecule has 1 aromatic rings. The summed E-state index contributed by atoms with van der Waals surface area (Å²) in [7, 11) is 0. The summed E-state index contributed by atoms with van der Waals surface area (Å²) >= 11 is 0. The van der Waals surface area contributed by atoms with Crippen molar-refractivity contribution in [1.82, 2.24) is 10.6 Å². The summed E-state index contributed by atoms with van der Waals surface area (Å²) in [5.41, 5.74) is 0.510. The number of aliphatic hydroxyl groups excluding tert-OH is 1. The lowest BCUT2D eigenvalue weighted by Gasteiger charge is -2.27. The third kappa shape index (κ3) is 7.32. The van der Waals surface area contributed by atoms with Gasteiger partial charge in [0.2, 0.25) is 0 Å². The van der Waals surface area contributed by atoms with Gasteiger partial charge >= 0.3 is 6.09 Å². The number of ether oxygens (including phenoxy) is 1. The van der Waals surface area contributed by atoms with Gasteiger partial charge in [0.25, 0.3) is 0 Å². The molecule has 0 saturated heterocycles. The zero-order valence-electron chi connectivity index (χ0n) is 14.9. The number of carbonyl (C=O) groups excluding carboxylic acids is 1. The molecule has 0 heterocycles. The van der Waals surface area contributed by atoms with Gasteiger partial charge in [-0.15, -0.1) is 0 Å². The number of rotatable bonds is 8. The molecule has 1 amide bonds. The highest BCUT2D eigenvalue weighted by Crippen LogP contribution is 2.27. The van der Waals surface area contributed by atoms with Gasteiger partial charge in [0.05, 0.1) is 12.1 Å². The van der Waals surface area contributed by atoms with E-state index in [0.29, 0.717) is 13.0 Å². The predicted molar refractivity (Wildman–Crippen MR) is 94.9 cm³/mol. The Labute approximate surface area is 144 Å². The summed E-state index contributed by atoms with van der Waals surface area (Å²) in [6, 6.07) is 9.46. The Balaban J connectivity index is 1.92. The van der Waals surface area contributed by atoms with Crippen LogP contribution in [0.2, 0.25) is 0 Å². The summed E-state index contributed by atoms with van der Waals surface area (Å²) in [4.78, 5) is 12.1. The van der Waals surface area contributed by atoms with E-state index >= 15 is 0 Å². The van der Waals surface area contributed by atoms with Crippen molar-refractivity contribution in [2.45, 2.75) is 57.8 Å². The summed E-state index contributed by atoms with van der Waals surface area (Å²) < 4.78 is 5.33. The van der Waals surface area contributed by atoms with Gasteiger partial charge in [0.1, 0.15) is 5.60 Å². The third-order valence-electron chi connectivity index (χ3n) is 3.95. The molecule has 134 valence electrons. The molecule has 1 aliphatic carbocycles. The van der Waals surface area contributed by atoms with E-state index in [1.165, 1.54) is 12.8 Å². The zero-order chi connectivity index (χ0) is 17.6. The molecule has 0 unspecified atom stereocenters. The Bertz CT molecular complexity index is 509. The van der Waals surface area contributed by atoms with Crippen LogP contribution in [0.5, 0.6) is 0 Å². The highest BCUT2D eigenvalue weighted by molar-refractivity contribution is 5.68. The van der Waals surface area contributed by atoms with E-state index in [1.807, 2.05) is 51.1 Å². The lowest BCUT2D eigenvalue weighted by Crippen LogP contribution is -2.50. The van der Waals surface area contributed by atoms with E-state index in [9.17, 15) is 9.90 Å². The summed E-state index contributed by atoms with van der Waals surface area (Å²) in [5.74, 6) is 0.753. The van der Waals surface area contributed by atoms with Gasteiger partial charge in [-0.05, 0) is 58.1 Å². The van der Waals surface area contributed by atoms with E-state index in [0.717, 1.165) is 18.0 Å². The fraction of sp³-hybridized carbons (Fsp3) is 0.632. The van der Waals surface area contributed by atoms with Crippen LogP contribution in [0.1, 0.15) is 39.2 Å². The van der Waals surface area contributed by atoms with Gasteiger partial charge < -0.3 is 20.5 Å². The lowest BCUT2D eigenvalue weighted by molar-refractivity contribution is 0.0422. The number of amides is 1. The molecule has 3 N–H and O–H groups in total.